The second-order valence-electron chi connectivity index (χ2n) is 5.27. The summed E-state index contributed by atoms with van der Waals surface area (Å²) in [7, 11) is 1.61. The standard InChI is InChI=1S/C15H22N4O2/c1-10(2)15-18-14-11(16)5-4-6-12(14)19(15)9-13(20)17-7-8-21-3/h4-6,10H,7-9,16H2,1-3H3,(H,17,20). The van der Waals surface area contributed by atoms with Gasteiger partial charge in [-0.05, 0) is 12.1 Å². The number of carbonyl (C=O) groups is 1. The van der Waals surface area contributed by atoms with E-state index in [4.69, 9.17) is 10.5 Å². The van der Waals surface area contributed by atoms with E-state index in [1.165, 1.54) is 0 Å². The normalized spacial score (nSPS) is 11.2. The van der Waals surface area contributed by atoms with Gasteiger partial charge in [0, 0.05) is 19.6 Å². The first-order chi connectivity index (χ1) is 10.0. The van der Waals surface area contributed by atoms with Crippen molar-refractivity contribution in [3.8, 4) is 0 Å². The van der Waals surface area contributed by atoms with E-state index in [-0.39, 0.29) is 18.4 Å². The zero-order valence-corrected chi connectivity index (χ0v) is 12.7. The summed E-state index contributed by atoms with van der Waals surface area (Å²) in [6.45, 7) is 5.34. The molecule has 1 heterocycles. The predicted molar refractivity (Wildman–Crippen MR) is 83.1 cm³/mol. The number of benzene rings is 1. The van der Waals surface area contributed by atoms with Gasteiger partial charge in [-0.3, -0.25) is 4.79 Å². The third kappa shape index (κ3) is 3.33. The van der Waals surface area contributed by atoms with Crippen LogP contribution >= 0.6 is 0 Å². The number of rotatable bonds is 6. The molecule has 0 unspecified atom stereocenters. The summed E-state index contributed by atoms with van der Waals surface area (Å²) in [6.07, 6.45) is 0. The van der Waals surface area contributed by atoms with Gasteiger partial charge in [-0.1, -0.05) is 19.9 Å². The Kier molecular flexibility index (Phi) is 4.80. The number of nitrogens with one attached hydrogen (secondary N) is 1. The number of para-hydroxylation sites is 1. The molecule has 0 aliphatic rings. The van der Waals surface area contributed by atoms with Crippen molar-refractivity contribution in [2.75, 3.05) is 26.0 Å². The molecule has 6 heteroatoms. The number of hydrogen-bond donors (Lipinski definition) is 2. The molecule has 0 aliphatic heterocycles. The van der Waals surface area contributed by atoms with Gasteiger partial charge in [-0.25, -0.2) is 4.98 Å². The number of nitrogens with two attached hydrogens (primary N) is 1. The zero-order chi connectivity index (χ0) is 15.4. The average molecular weight is 290 g/mol. The van der Waals surface area contributed by atoms with Crippen LogP contribution in [0.4, 0.5) is 5.69 Å². The summed E-state index contributed by atoms with van der Waals surface area (Å²) in [4.78, 5) is 16.6. The zero-order valence-electron chi connectivity index (χ0n) is 12.7. The first-order valence-corrected chi connectivity index (χ1v) is 7.04. The molecule has 1 aromatic heterocycles. The van der Waals surface area contributed by atoms with Crippen LogP contribution in [0, 0.1) is 0 Å². The fraction of sp³-hybridized carbons (Fsp3) is 0.467. The van der Waals surface area contributed by atoms with Crippen molar-refractivity contribution in [3.63, 3.8) is 0 Å². The van der Waals surface area contributed by atoms with E-state index in [2.05, 4.69) is 24.1 Å². The van der Waals surface area contributed by atoms with Crippen LogP contribution in [0.1, 0.15) is 25.6 Å². The van der Waals surface area contributed by atoms with Crippen molar-refractivity contribution in [1.29, 1.82) is 0 Å². The number of ether oxygens (including phenoxy) is 1. The molecule has 114 valence electrons. The molecule has 0 fully saturated rings. The van der Waals surface area contributed by atoms with Crippen molar-refractivity contribution in [2.45, 2.75) is 26.3 Å². The van der Waals surface area contributed by atoms with Crippen LogP contribution in [0.3, 0.4) is 0 Å². The maximum Gasteiger partial charge on any atom is 0.240 e. The number of anilines is 1. The third-order valence-corrected chi connectivity index (χ3v) is 3.29. The van der Waals surface area contributed by atoms with Crippen molar-refractivity contribution in [2.24, 2.45) is 0 Å². The number of fused-ring (bicyclic) bond motifs is 1. The van der Waals surface area contributed by atoms with Crippen LogP contribution in [0.15, 0.2) is 18.2 Å². The second kappa shape index (κ2) is 6.58. The molecular weight excluding hydrogens is 268 g/mol. The van der Waals surface area contributed by atoms with Crippen LogP contribution in [0.5, 0.6) is 0 Å². The van der Waals surface area contributed by atoms with Crippen LogP contribution in [-0.2, 0) is 16.1 Å². The van der Waals surface area contributed by atoms with E-state index >= 15 is 0 Å². The fourth-order valence-corrected chi connectivity index (χ4v) is 2.29. The molecule has 0 saturated heterocycles. The highest BCUT2D eigenvalue weighted by atomic mass is 16.5. The summed E-state index contributed by atoms with van der Waals surface area (Å²) in [5, 5.41) is 2.82. The van der Waals surface area contributed by atoms with Crippen molar-refractivity contribution < 1.29 is 9.53 Å². The Bertz CT molecular complexity index is 634. The highest BCUT2D eigenvalue weighted by Crippen LogP contribution is 2.25. The second-order valence-corrected chi connectivity index (χ2v) is 5.27. The van der Waals surface area contributed by atoms with E-state index < -0.39 is 0 Å². The van der Waals surface area contributed by atoms with E-state index in [1.807, 2.05) is 22.8 Å². The predicted octanol–water partition coefficient (Wildman–Crippen LogP) is 1.50. The van der Waals surface area contributed by atoms with E-state index in [0.29, 0.717) is 18.8 Å². The number of aromatic nitrogens is 2. The van der Waals surface area contributed by atoms with Gasteiger partial charge < -0.3 is 20.4 Å². The molecule has 0 bridgehead atoms. The lowest BCUT2D eigenvalue weighted by atomic mass is 10.2. The lowest BCUT2D eigenvalue weighted by molar-refractivity contribution is -0.121. The Labute approximate surface area is 124 Å². The Balaban J connectivity index is 2.30. The maximum atomic E-state index is 12.0. The summed E-state index contributed by atoms with van der Waals surface area (Å²) in [5.41, 5.74) is 8.25. The molecule has 0 aliphatic carbocycles. The van der Waals surface area contributed by atoms with Crippen molar-refractivity contribution in [3.05, 3.63) is 24.0 Å². The molecule has 0 spiro atoms. The molecule has 2 aromatic rings. The minimum Gasteiger partial charge on any atom is -0.397 e. The molecule has 6 nitrogen and oxygen atoms in total. The monoisotopic (exact) mass is 290 g/mol. The first-order valence-electron chi connectivity index (χ1n) is 7.04. The summed E-state index contributed by atoms with van der Waals surface area (Å²) < 4.78 is 6.85. The van der Waals surface area contributed by atoms with Crippen molar-refractivity contribution >= 4 is 22.6 Å². The molecule has 2 rings (SSSR count). The fourth-order valence-electron chi connectivity index (χ4n) is 2.29. The van der Waals surface area contributed by atoms with Gasteiger partial charge in [0.15, 0.2) is 0 Å². The number of amides is 1. The molecular formula is C15H22N4O2. The van der Waals surface area contributed by atoms with Gasteiger partial charge in [0.25, 0.3) is 0 Å². The number of nitrogens with zero attached hydrogens (tertiary/aromatic N) is 2. The molecule has 1 aromatic carbocycles. The lowest BCUT2D eigenvalue weighted by Gasteiger charge is -2.11. The summed E-state index contributed by atoms with van der Waals surface area (Å²) in [5.74, 6) is 1.02. The SMILES string of the molecule is COCCNC(=O)Cn1c(C(C)C)nc2c(N)cccc21. The Morgan fingerprint density at radius 1 is 1.48 bits per heavy atom. The largest absolute Gasteiger partial charge is 0.397 e. The van der Waals surface area contributed by atoms with Crippen LogP contribution in [0.2, 0.25) is 0 Å². The van der Waals surface area contributed by atoms with Crippen LogP contribution < -0.4 is 11.1 Å². The highest BCUT2D eigenvalue weighted by molar-refractivity contribution is 5.89. The molecule has 21 heavy (non-hydrogen) atoms. The number of nitrogen functional groups attached to an aromatic ring is 1. The molecule has 3 N–H and O–H groups in total. The maximum absolute atomic E-state index is 12.0. The Morgan fingerprint density at radius 2 is 2.24 bits per heavy atom. The molecule has 0 saturated carbocycles. The Hall–Kier alpha value is -2.08. The number of carbonyl (C=O) groups excluding carboxylic acids is 1. The number of hydrogen-bond acceptors (Lipinski definition) is 4. The van der Waals surface area contributed by atoms with Gasteiger partial charge in [0.2, 0.25) is 5.91 Å². The van der Waals surface area contributed by atoms with Crippen LogP contribution in [0.25, 0.3) is 11.0 Å². The molecule has 0 atom stereocenters. The lowest BCUT2D eigenvalue weighted by Crippen LogP contribution is -2.30. The first kappa shape index (κ1) is 15.3. The highest BCUT2D eigenvalue weighted by Gasteiger charge is 2.17. The smallest absolute Gasteiger partial charge is 0.240 e. The minimum atomic E-state index is -0.0596. The van der Waals surface area contributed by atoms with E-state index in [0.717, 1.165) is 16.9 Å². The third-order valence-electron chi connectivity index (χ3n) is 3.29. The van der Waals surface area contributed by atoms with Crippen molar-refractivity contribution in [1.82, 2.24) is 14.9 Å². The number of imidazole rings is 1. The van der Waals surface area contributed by atoms with Crippen LogP contribution in [-0.4, -0.2) is 35.7 Å². The van der Waals surface area contributed by atoms with Gasteiger partial charge in [-0.2, -0.15) is 0 Å². The summed E-state index contributed by atoms with van der Waals surface area (Å²) >= 11 is 0. The average Bonchev–Trinajstić information content (AvgIpc) is 2.80. The molecule has 0 radical (unpaired) electrons. The van der Waals surface area contributed by atoms with Gasteiger partial charge in [0.05, 0.1) is 17.8 Å². The topological polar surface area (TPSA) is 82.2 Å². The minimum absolute atomic E-state index is 0.0596. The van der Waals surface area contributed by atoms with E-state index in [9.17, 15) is 4.79 Å². The van der Waals surface area contributed by atoms with E-state index in [1.54, 1.807) is 7.11 Å². The quantitative estimate of drug-likeness (QED) is 0.624. The Morgan fingerprint density at radius 3 is 2.90 bits per heavy atom. The number of methoxy groups -OCH3 is 1. The molecule has 1 amide bonds. The summed E-state index contributed by atoms with van der Waals surface area (Å²) in [6, 6.07) is 5.64. The van der Waals surface area contributed by atoms with Gasteiger partial charge in [0.1, 0.15) is 17.9 Å². The van der Waals surface area contributed by atoms with Gasteiger partial charge >= 0.3 is 0 Å². The van der Waals surface area contributed by atoms with Gasteiger partial charge in [-0.15, -0.1) is 0 Å².